The van der Waals surface area contributed by atoms with E-state index in [-0.39, 0.29) is 28.4 Å². The summed E-state index contributed by atoms with van der Waals surface area (Å²) in [4.78, 5) is 10.9. The highest BCUT2D eigenvalue weighted by Crippen LogP contribution is 2.31. The number of aromatic nitrogens is 6. The summed E-state index contributed by atoms with van der Waals surface area (Å²) < 4.78 is 31.2. The fourth-order valence-electron chi connectivity index (χ4n) is 4.25. The Morgan fingerprint density at radius 3 is 2.79 bits per heavy atom. The van der Waals surface area contributed by atoms with Crippen molar-refractivity contribution in [3.63, 3.8) is 0 Å². The minimum Gasteiger partial charge on any atom is -0.391 e. The molecule has 1 saturated heterocycles. The summed E-state index contributed by atoms with van der Waals surface area (Å²) in [6.45, 7) is 7.12. The van der Waals surface area contributed by atoms with Crippen LogP contribution in [-0.2, 0) is 5.54 Å². The zero-order valence-corrected chi connectivity index (χ0v) is 18.7. The Kier molecular flexibility index (Phi) is 4.96. The van der Waals surface area contributed by atoms with E-state index in [2.05, 4.69) is 25.1 Å². The van der Waals surface area contributed by atoms with E-state index in [0.717, 1.165) is 31.1 Å². The highest BCUT2D eigenvalue weighted by Gasteiger charge is 2.30. The van der Waals surface area contributed by atoms with Crippen LogP contribution in [0.15, 0.2) is 24.5 Å². The molecule has 0 radical (unpaired) electrons. The number of aliphatic hydroxyl groups excluding tert-OH is 1. The number of aliphatic hydroxyl groups is 1. The topological polar surface area (TPSA) is 110 Å². The van der Waals surface area contributed by atoms with Gasteiger partial charge < -0.3 is 15.7 Å². The first-order chi connectivity index (χ1) is 15.6. The van der Waals surface area contributed by atoms with Crippen molar-refractivity contribution in [1.29, 1.82) is 0 Å². The van der Waals surface area contributed by atoms with Gasteiger partial charge in [0.2, 0.25) is 5.95 Å². The van der Waals surface area contributed by atoms with E-state index in [1.165, 1.54) is 10.6 Å². The number of nitrogens with zero attached hydrogens (tertiary/aromatic N) is 7. The fraction of sp³-hybridized carbons (Fsp3) is 0.455. The molecule has 2 unspecified atom stereocenters. The predicted molar refractivity (Wildman–Crippen MR) is 120 cm³/mol. The van der Waals surface area contributed by atoms with Gasteiger partial charge in [-0.15, -0.1) is 5.10 Å². The standard InChI is InChI=1S/C22H26F2N8O/c1-12(33)22(2,3)31-11-15(9-26-31)30-6-4-5-13(10-30)19-28-20-16-7-14(23)8-17(24)18(16)27-21(25)32(20)29-19/h7-9,11-13,33H,4-6,10H2,1-3H3,(H2,25,27). The molecule has 0 aliphatic carbocycles. The van der Waals surface area contributed by atoms with E-state index < -0.39 is 23.3 Å². The van der Waals surface area contributed by atoms with Crippen LogP contribution in [0.5, 0.6) is 0 Å². The Hall–Kier alpha value is -3.34. The minimum atomic E-state index is -0.787. The molecule has 0 spiro atoms. The molecule has 174 valence electrons. The van der Waals surface area contributed by atoms with Gasteiger partial charge in [-0.05, 0) is 39.7 Å². The second-order valence-electron chi connectivity index (χ2n) is 9.22. The molecule has 4 aromatic rings. The van der Waals surface area contributed by atoms with Gasteiger partial charge in [0, 0.05) is 31.3 Å². The van der Waals surface area contributed by atoms with E-state index in [1.54, 1.807) is 17.8 Å². The van der Waals surface area contributed by atoms with Crippen LogP contribution in [0.1, 0.15) is 45.4 Å². The zero-order chi connectivity index (χ0) is 23.5. The molecule has 1 fully saturated rings. The number of anilines is 2. The second-order valence-corrected chi connectivity index (χ2v) is 9.22. The third-order valence-electron chi connectivity index (χ3n) is 6.67. The average Bonchev–Trinajstić information content (AvgIpc) is 3.43. The summed E-state index contributed by atoms with van der Waals surface area (Å²) in [5, 5.41) is 19.3. The fourth-order valence-corrected chi connectivity index (χ4v) is 4.25. The minimum absolute atomic E-state index is 0.000341. The lowest BCUT2D eigenvalue weighted by atomic mass is 9.97. The van der Waals surface area contributed by atoms with Crippen molar-refractivity contribution in [3.05, 3.63) is 42.0 Å². The van der Waals surface area contributed by atoms with E-state index in [4.69, 9.17) is 5.73 Å². The van der Waals surface area contributed by atoms with Crippen LogP contribution in [0.3, 0.4) is 0 Å². The SMILES string of the molecule is CC(O)C(C)(C)n1cc(N2CCCC(c3nc4c5cc(F)cc(F)c5nc(N)n4n3)C2)cn1. The molecule has 1 aliphatic heterocycles. The van der Waals surface area contributed by atoms with Crippen LogP contribution in [-0.4, -0.2) is 53.7 Å². The van der Waals surface area contributed by atoms with Gasteiger partial charge in [-0.25, -0.2) is 18.7 Å². The molecule has 1 aliphatic rings. The van der Waals surface area contributed by atoms with Gasteiger partial charge in [-0.1, -0.05) is 0 Å². The van der Waals surface area contributed by atoms with Crippen LogP contribution in [0.25, 0.3) is 16.6 Å². The van der Waals surface area contributed by atoms with Gasteiger partial charge in [0.1, 0.15) is 11.3 Å². The summed E-state index contributed by atoms with van der Waals surface area (Å²) in [7, 11) is 0. The van der Waals surface area contributed by atoms with Crippen molar-refractivity contribution in [2.45, 2.75) is 51.2 Å². The van der Waals surface area contributed by atoms with E-state index in [9.17, 15) is 13.9 Å². The number of piperidine rings is 1. The molecule has 2 atom stereocenters. The maximum Gasteiger partial charge on any atom is 0.223 e. The third kappa shape index (κ3) is 3.56. The number of nitrogens with two attached hydrogens (primary N) is 1. The van der Waals surface area contributed by atoms with E-state index in [1.807, 2.05) is 20.0 Å². The number of nitrogen functional groups attached to an aromatic ring is 1. The van der Waals surface area contributed by atoms with Gasteiger partial charge in [0.05, 0.1) is 28.9 Å². The van der Waals surface area contributed by atoms with Gasteiger partial charge >= 0.3 is 0 Å². The number of rotatable bonds is 4. The highest BCUT2D eigenvalue weighted by molar-refractivity contribution is 5.92. The van der Waals surface area contributed by atoms with Crippen molar-refractivity contribution in [1.82, 2.24) is 29.4 Å². The average molecular weight is 457 g/mol. The number of hydrogen-bond donors (Lipinski definition) is 2. The Morgan fingerprint density at radius 1 is 1.24 bits per heavy atom. The molecular formula is C22H26F2N8O. The summed E-state index contributed by atoms with van der Waals surface area (Å²) in [5.41, 5.74) is 6.68. The first-order valence-electron chi connectivity index (χ1n) is 10.9. The first kappa shape index (κ1) is 21.5. The molecule has 0 amide bonds. The van der Waals surface area contributed by atoms with Crippen molar-refractivity contribution >= 4 is 28.2 Å². The molecule has 33 heavy (non-hydrogen) atoms. The van der Waals surface area contributed by atoms with Gasteiger partial charge in [0.15, 0.2) is 17.3 Å². The van der Waals surface area contributed by atoms with Crippen LogP contribution in [0.2, 0.25) is 0 Å². The number of fused-ring (bicyclic) bond motifs is 3. The van der Waals surface area contributed by atoms with Crippen molar-refractivity contribution in [2.75, 3.05) is 23.7 Å². The number of benzene rings is 1. The highest BCUT2D eigenvalue weighted by atomic mass is 19.1. The second kappa shape index (κ2) is 7.62. The van der Waals surface area contributed by atoms with Crippen LogP contribution in [0, 0.1) is 11.6 Å². The van der Waals surface area contributed by atoms with Crippen LogP contribution >= 0.6 is 0 Å². The monoisotopic (exact) mass is 456 g/mol. The summed E-state index contributed by atoms with van der Waals surface area (Å²) in [6.07, 6.45) is 4.96. The molecular weight excluding hydrogens is 430 g/mol. The lowest BCUT2D eigenvalue weighted by Gasteiger charge is -2.32. The summed E-state index contributed by atoms with van der Waals surface area (Å²) >= 11 is 0. The Morgan fingerprint density at radius 2 is 2.03 bits per heavy atom. The third-order valence-corrected chi connectivity index (χ3v) is 6.67. The maximum absolute atomic E-state index is 14.2. The predicted octanol–water partition coefficient (Wildman–Crippen LogP) is 2.83. The molecule has 0 bridgehead atoms. The normalized spacial score (nSPS) is 18.4. The van der Waals surface area contributed by atoms with Gasteiger partial charge in [-0.2, -0.15) is 9.61 Å². The lowest BCUT2D eigenvalue weighted by Crippen LogP contribution is -2.38. The lowest BCUT2D eigenvalue weighted by molar-refractivity contribution is 0.0647. The van der Waals surface area contributed by atoms with Crippen molar-refractivity contribution in [3.8, 4) is 0 Å². The van der Waals surface area contributed by atoms with Crippen LogP contribution in [0.4, 0.5) is 20.4 Å². The maximum atomic E-state index is 14.2. The Bertz CT molecular complexity index is 1350. The van der Waals surface area contributed by atoms with Gasteiger partial charge in [0.25, 0.3) is 0 Å². The Balaban J connectivity index is 1.48. The van der Waals surface area contributed by atoms with E-state index >= 15 is 0 Å². The molecule has 4 heterocycles. The van der Waals surface area contributed by atoms with Crippen molar-refractivity contribution in [2.24, 2.45) is 0 Å². The van der Waals surface area contributed by atoms with Gasteiger partial charge in [-0.3, -0.25) is 4.68 Å². The van der Waals surface area contributed by atoms with E-state index in [0.29, 0.717) is 12.4 Å². The smallest absolute Gasteiger partial charge is 0.223 e. The molecule has 3 N–H and O–H groups in total. The van der Waals surface area contributed by atoms with Crippen LogP contribution < -0.4 is 10.6 Å². The molecule has 0 saturated carbocycles. The quantitative estimate of drug-likeness (QED) is 0.486. The molecule has 11 heteroatoms. The zero-order valence-electron chi connectivity index (χ0n) is 18.7. The summed E-state index contributed by atoms with van der Waals surface area (Å²) in [5.74, 6) is -0.943. The summed E-state index contributed by atoms with van der Waals surface area (Å²) in [6, 6.07) is 1.98. The molecule has 1 aromatic carbocycles. The first-order valence-corrected chi connectivity index (χ1v) is 10.9. The number of hydrogen-bond acceptors (Lipinski definition) is 7. The number of halogens is 2. The Labute approximate surface area is 188 Å². The molecule has 3 aromatic heterocycles. The molecule has 9 nitrogen and oxygen atoms in total. The van der Waals surface area contributed by atoms with Crippen molar-refractivity contribution < 1.29 is 13.9 Å². The largest absolute Gasteiger partial charge is 0.391 e. The molecule has 5 rings (SSSR count).